The number of aliphatic hydroxyl groups is 2. The fraction of sp³-hybridized carbons (Fsp3) is 0.222. The lowest BCUT2D eigenvalue weighted by atomic mass is 9.91. The number of hydrogen-bond acceptors (Lipinski definition) is 2. The van der Waals surface area contributed by atoms with E-state index in [9.17, 15) is 10.2 Å². The van der Waals surface area contributed by atoms with E-state index >= 15 is 0 Å². The molecule has 3 aromatic rings. The van der Waals surface area contributed by atoms with Crippen LogP contribution in [0.3, 0.4) is 0 Å². The number of fused-ring (bicyclic) bond motifs is 2. The van der Waals surface area contributed by atoms with Gasteiger partial charge >= 0.3 is 0 Å². The van der Waals surface area contributed by atoms with Gasteiger partial charge in [0.05, 0.1) is 12.2 Å². The van der Waals surface area contributed by atoms with E-state index in [1.54, 1.807) is 6.92 Å². The molecule has 2 atom stereocenters. The Balaban J connectivity index is 2.33. The van der Waals surface area contributed by atoms with Crippen LogP contribution in [0.25, 0.3) is 21.5 Å². The van der Waals surface area contributed by atoms with Crippen molar-refractivity contribution in [1.82, 2.24) is 0 Å². The molecule has 2 heteroatoms. The maximum absolute atomic E-state index is 10.5. The monoisotopic (exact) mass is 266 g/mol. The molecule has 0 bridgehead atoms. The summed E-state index contributed by atoms with van der Waals surface area (Å²) in [5.74, 6) is 0. The molecule has 0 spiro atoms. The lowest BCUT2D eigenvalue weighted by Crippen LogP contribution is -2.09. The van der Waals surface area contributed by atoms with Crippen molar-refractivity contribution in [2.45, 2.75) is 25.6 Å². The molecule has 0 amide bonds. The summed E-state index contributed by atoms with van der Waals surface area (Å²) in [7, 11) is 0. The van der Waals surface area contributed by atoms with Crippen molar-refractivity contribution in [2.24, 2.45) is 0 Å². The molecule has 3 aromatic carbocycles. The maximum atomic E-state index is 10.5. The molecule has 0 aliphatic carbocycles. The van der Waals surface area contributed by atoms with Crippen molar-refractivity contribution >= 4 is 21.5 Å². The Labute approximate surface area is 118 Å². The van der Waals surface area contributed by atoms with Gasteiger partial charge in [0.2, 0.25) is 0 Å². The number of hydrogen-bond donors (Lipinski definition) is 2. The first-order chi connectivity index (χ1) is 9.66. The predicted octanol–water partition coefficient (Wildman–Crippen LogP) is 3.80. The van der Waals surface area contributed by atoms with Crippen LogP contribution >= 0.6 is 0 Å². The highest BCUT2D eigenvalue weighted by molar-refractivity contribution is 6.02. The van der Waals surface area contributed by atoms with Gasteiger partial charge in [0, 0.05) is 6.42 Å². The smallest absolute Gasteiger partial charge is 0.0826 e. The molecule has 2 nitrogen and oxygen atoms in total. The minimum atomic E-state index is -0.661. The fourth-order valence-electron chi connectivity index (χ4n) is 2.85. The van der Waals surface area contributed by atoms with Crippen molar-refractivity contribution in [3.05, 3.63) is 60.2 Å². The molecule has 0 fully saturated rings. The summed E-state index contributed by atoms with van der Waals surface area (Å²) in [6, 6.07) is 18.3. The first-order valence-electron chi connectivity index (χ1n) is 6.93. The van der Waals surface area contributed by atoms with Crippen molar-refractivity contribution in [3.8, 4) is 0 Å². The Morgan fingerprint density at radius 1 is 0.850 bits per heavy atom. The molecular formula is C18H18O2. The Morgan fingerprint density at radius 3 is 1.85 bits per heavy atom. The van der Waals surface area contributed by atoms with E-state index in [0.717, 1.165) is 27.1 Å². The van der Waals surface area contributed by atoms with Crippen LogP contribution < -0.4 is 0 Å². The van der Waals surface area contributed by atoms with Gasteiger partial charge in [0.25, 0.3) is 0 Å². The third-order valence-corrected chi connectivity index (χ3v) is 3.71. The topological polar surface area (TPSA) is 40.5 Å². The standard InChI is InChI=1S/C18H18O2/c1-12(19)10-17(20)18-15-8-4-2-6-13(15)11-14-7-3-5-9-16(14)18/h2-9,11-12,17,19-20H,10H2,1H3. The largest absolute Gasteiger partial charge is 0.393 e. The van der Waals surface area contributed by atoms with Crippen LogP contribution in [0.2, 0.25) is 0 Å². The summed E-state index contributed by atoms with van der Waals surface area (Å²) in [4.78, 5) is 0. The van der Waals surface area contributed by atoms with Crippen molar-refractivity contribution in [3.63, 3.8) is 0 Å². The summed E-state index contributed by atoms with van der Waals surface area (Å²) < 4.78 is 0. The van der Waals surface area contributed by atoms with E-state index in [4.69, 9.17) is 0 Å². The summed E-state index contributed by atoms with van der Waals surface area (Å²) in [5.41, 5.74) is 0.916. The summed E-state index contributed by atoms with van der Waals surface area (Å²) >= 11 is 0. The van der Waals surface area contributed by atoms with Gasteiger partial charge in [-0.05, 0) is 40.1 Å². The lowest BCUT2D eigenvalue weighted by Gasteiger charge is -2.18. The zero-order chi connectivity index (χ0) is 14.1. The van der Waals surface area contributed by atoms with Crippen molar-refractivity contribution < 1.29 is 10.2 Å². The zero-order valence-electron chi connectivity index (χ0n) is 11.5. The van der Waals surface area contributed by atoms with Crippen LogP contribution in [0.4, 0.5) is 0 Å². The summed E-state index contributed by atoms with van der Waals surface area (Å²) in [5, 5.41) is 24.4. The van der Waals surface area contributed by atoms with Gasteiger partial charge in [0.1, 0.15) is 0 Å². The average molecular weight is 266 g/mol. The van der Waals surface area contributed by atoms with E-state index in [1.807, 2.05) is 36.4 Å². The molecular weight excluding hydrogens is 248 g/mol. The van der Waals surface area contributed by atoms with E-state index in [2.05, 4.69) is 18.2 Å². The Bertz CT molecular complexity index is 693. The van der Waals surface area contributed by atoms with Crippen LogP contribution in [-0.4, -0.2) is 16.3 Å². The van der Waals surface area contributed by atoms with Crippen LogP contribution in [-0.2, 0) is 0 Å². The summed E-state index contributed by atoms with van der Waals surface area (Å²) in [6.45, 7) is 1.70. The van der Waals surface area contributed by atoms with Gasteiger partial charge in [-0.15, -0.1) is 0 Å². The minimum Gasteiger partial charge on any atom is -0.393 e. The van der Waals surface area contributed by atoms with Gasteiger partial charge in [-0.3, -0.25) is 0 Å². The molecule has 0 aromatic heterocycles. The van der Waals surface area contributed by atoms with Crippen LogP contribution in [0.5, 0.6) is 0 Å². The minimum absolute atomic E-state index is 0.345. The second-order valence-corrected chi connectivity index (χ2v) is 5.33. The molecule has 20 heavy (non-hydrogen) atoms. The van der Waals surface area contributed by atoms with Crippen molar-refractivity contribution in [2.75, 3.05) is 0 Å². The number of rotatable bonds is 3. The van der Waals surface area contributed by atoms with Crippen LogP contribution in [0, 0.1) is 0 Å². The molecule has 0 aliphatic heterocycles. The molecule has 0 heterocycles. The normalized spacial score (nSPS) is 14.6. The van der Waals surface area contributed by atoms with Gasteiger partial charge in [-0.25, -0.2) is 0 Å². The van der Waals surface area contributed by atoms with Gasteiger partial charge < -0.3 is 10.2 Å². The van der Waals surface area contributed by atoms with E-state index < -0.39 is 12.2 Å². The fourth-order valence-corrected chi connectivity index (χ4v) is 2.85. The van der Waals surface area contributed by atoms with E-state index in [1.165, 1.54) is 0 Å². The number of aliphatic hydroxyl groups excluding tert-OH is 2. The average Bonchev–Trinajstić information content (AvgIpc) is 2.43. The van der Waals surface area contributed by atoms with Gasteiger partial charge in [-0.2, -0.15) is 0 Å². The second kappa shape index (κ2) is 5.23. The Kier molecular flexibility index (Phi) is 3.43. The maximum Gasteiger partial charge on any atom is 0.0826 e. The Morgan fingerprint density at radius 2 is 1.35 bits per heavy atom. The Hall–Kier alpha value is -1.90. The van der Waals surface area contributed by atoms with E-state index in [0.29, 0.717) is 6.42 Å². The van der Waals surface area contributed by atoms with Gasteiger partial charge in [0.15, 0.2) is 0 Å². The molecule has 0 aliphatic rings. The molecule has 0 saturated carbocycles. The first-order valence-corrected chi connectivity index (χ1v) is 6.93. The molecule has 2 N–H and O–H groups in total. The van der Waals surface area contributed by atoms with Crippen LogP contribution in [0.1, 0.15) is 25.0 Å². The number of benzene rings is 3. The first kappa shape index (κ1) is 13.1. The SMILES string of the molecule is CC(O)CC(O)c1c2ccccc2cc2ccccc12. The quantitative estimate of drug-likeness (QED) is 0.708. The van der Waals surface area contributed by atoms with Crippen LogP contribution in [0.15, 0.2) is 54.6 Å². The van der Waals surface area contributed by atoms with Crippen molar-refractivity contribution in [1.29, 1.82) is 0 Å². The highest BCUT2D eigenvalue weighted by Crippen LogP contribution is 2.34. The molecule has 3 rings (SSSR count). The lowest BCUT2D eigenvalue weighted by molar-refractivity contribution is 0.0924. The molecule has 0 saturated heterocycles. The third-order valence-electron chi connectivity index (χ3n) is 3.71. The zero-order valence-corrected chi connectivity index (χ0v) is 11.5. The third kappa shape index (κ3) is 2.28. The summed E-state index contributed by atoms with van der Waals surface area (Å²) in [6.07, 6.45) is -0.841. The highest BCUT2D eigenvalue weighted by Gasteiger charge is 2.17. The van der Waals surface area contributed by atoms with E-state index in [-0.39, 0.29) is 0 Å². The molecule has 102 valence electrons. The molecule has 0 radical (unpaired) electrons. The second-order valence-electron chi connectivity index (χ2n) is 5.33. The molecule has 2 unspecified atom stereocenters. The van der Waals surface area contributed by atoms with Gasteiger partial charge in [-0.1, -0.05) is 48.5 Å². The highest BCUT2D eigenvalue weighted by atomic mass is 16.3. The predicted molar refractivity (Wildman–Crippen MR) is 82.7 cm³/mol.